The van der Waals surface area contributed by atoms with Crippen molar-refractivity contribution in [3.05, 3.63) is 52.1 Å². The lowest BCUT2D eigenvalue weighted by molar-refractivity contribution is 1.22. The van der Waals surface area contributed by atoms with Crippen LogP contribution in [0.25, 0.3) is 0 Å². The first-order chi connectivity index (χ1) is 8.70. The second-order valence-electron chi connectivity index (χ2n) is 3.62. The van der Waals surface area contributed by atoms with Crippen LogP contribution in [0.4, 0.5) is 5.82 Å². The number of pyridine rings is 1. The highest BCUT2D eigenvalue weighted by molar-refractivity contribution is 7.98. The molecule has 0 bridgehead atoms. The SMILES string of the molecule is CNc1ncccc1CSc1cc(Cl)ccc1Cl. The van der Waals surface area contributed by atoms with E-state index in [0.717, 1.165) is 27.1 Å². The lowest BCUT2D eigenvalue weighted by Crippen LogP contribution is -1.96. The summed E-state index contributed by atoms with van der Waals surface area (Å²) in [4.78, 5) is 5.25. The molecule has 2 aromatic rings. The van der Waals surface area contributed by atoms with Gasteiger partial charge < -0.3 is 5.32 Å². The standard InChI is InChI=1S/C13H12Cl2N2S/c1-16-13-9(3-2-6-17-13)8-18-12-7-10(14)4-5-11(12)15/h2-7H,8H2,1H3,(H,16,17). The zero-order chi connectivity index (χ0) is 13.0. The Morgan fingerprint density at radius 2 is 2.11 bits per heavy atom. The number of halogens is 2. The van der Waals surface area contributed by atoms with Crippen molar-refractivity contribution < 1.29 is 0 Å². The quantitative estimate of drug-likeness (QED) is 0.827. The van der Waals surface area contributed by atoms with Crippen LogP contribution < -0.4 is 5.32 Å². The van der Waals surface area contributed by atoms with E-state index in [1.165, 1.54) is 0 Å². The van der Waals surface area contributed by atoms with E-state index in [9.17, 15) is 0 Å². The molecule has 1 aromatic carbocycles. The van der Waals surface area contributed by atoms with Gasteiger partial charge in [-0.25, -0.2) is 4.98 Å². The minimum absolute atomic E-state index is 0.696. The number of benzene rings is 1. The lowest BCUT2D eigenvalue weighted by Gasteiger charge is -2.08. The molecular formula is C13H12Cl2N2S. The fraction of sp³-hybridized carbons (Fsp3) is 0.154. The van der Waals surface area contributed by atoms with E-state index in [4.69, 9.17) is 23.2 Å². The molecule has 18 heavy (non-hydrogen) atoms. The van der Waals surface area contributed by atoms with Gasteiger partial charge in [0.1, 0.15) is 5.82 Å². The smallest absolute Gasteiger partial charge is 0.129 e. The Kier molecular flexibility index (Phi) is 4.75. The summed E-state index contributed by atoms with van der Waals surface area (Å²) in [5.41, 5.74) is 1.14. The Morgan fingerprint density at radius 1 is 1.28 bits per heavy atom. The summed E-state index contributed by atoms with van der Waals surface area (Å²) in [6.07, 6.45) is 1.77. The predicted molar refractivity (Wildman–Crippen MR) is 79.8 cm³/mol. The monoisotopic (exact) mass is 298 g/mol. The van der Waals surface area contributed by atoms with Gasteiger partial charge in [-0.05, 0) is 24.3 Å². The molecule has 0 aliphatic heterocycles. The summed E-state index contributed by atoms with van der Waals surface area (Å²) in [6.45, 7) is 0. The van der Waals surface area contributed by atoms with E-state index in [2.05, 4.69) is 10.3 Å². The summed E-state index contributed by atoms with van der Waals surface area (Å²) in [7, 11) is 1.86. The highest BCUT2D eigenvalue weighted by atomic mass is 35.5. The van der Waals surface area contributed by atoms with Gasteiger partial charge in [-0.1, -0.05) is 29.3 Å². The fourth-order valence-electron chi connectivity index (χ4n) is 1.52. The van der Waals surface area contributed by atoms with Gasteiger partial charge in [-0.3, -0.25) is 0 Å². The van der Waals surface area contributed by atoms with Crippen LogP contribution in [0, 0.1) is 0 Å². The van der Waals surface area contributed by atoms with Crippen molar-refractivity contribution in [2.45, 2.75) is 10.6 Å². The lowest BCUT2D eigenvalue weighted by atomic mass is 10.3. The van der Waals surface area contributed by atoms with Gasteiger partial charge in [0.05, 0.1) is 5.02 Å². The topological polar surface area (TPSA) is 24.9 Å². The van der Waals surface area contributed by atoms with Crippen LogP contribution in [0.2, 0.25) is 10.0 Å². The Morgan fingerprint density at radius 3 is 2.89 bits per heavy atom. The van der Waals surface area contributed by atoms with E-state index in [1.807, 2.05) is 31.3 Å². The molecular weight excluding hydrogens is 287 g/mol. The van der Waals surface area contributed by atoms with Gasteiger partial charge in [0, 0.05) is 34.5 Å². The zero-order valence-corrected chi connectivity index (χ0v) is 12.1. The maximum Gasteiger partial charge on any atom is 0.129 e. The molecule has 0 unspecified atom stereocenters. The Balaban J connectivity index is 2.14. The number of nitrogens with zero attached hydrogens (tertiary/aromatic N) is 1. The molecule has 0 atom stereocenters. The molecule has 0 saturated carbocycles. The molecule has 94 valence electrons. The molecule has 0 aliphatic rings. The van der Waals surface area contributed by atoms with E-state index in [1.54, 1.807) is 24.0 Å². The first kappa shape index (κ1) is 13.5. The van der Waals surface area contributed by atoms with Crippen molar-refractivity contribution in [2.24, 2.45) is 0 Å². The zero-order valence-electron chi connectivity index (χ0n) is 9.78. The minimum Gasteiger partial charge on any atom is -0.373 e. The van der Waals surface area contributed by atoms with Gasteiger partial charge in [-0.15, -0.1) is 11.8 Å². The molecule has 0 saturated heterocycles. The second-order valence-corrected chi connectivity index (χ2v) is 5.49. The second kappa shape index (κ2) is 6.32. The molecule has 1 aromatic heterocycles. The van der Waals surface area contributed by atoms with E-state index in [0.29, 0.717) is 5.02 Å². The summed E-state index contributed by atoms with van der Waals surface area (Å²) < 4.78 is 0. The number of anilines is 1. The van der Waals surface area contributed by atoms with Gasteiger partial charge in [0.15, 0.2) is 0 Å². The fourth-order valence-corrected chi connectivity index (χ4v) is 3.00. The third kappa shape index (κ3) is 3.31. The van der Waals surface area contributed by atoms with Crippen LogP contribution in [0.15, 0.2) is 41.4 Å². The van der Waals surface area contributed by atoms with E-state index in [-0.39, 0.29) is 0 Å². The Labute approximate surface area is 121 Å². The van der Waals surface area contributed by atoms with Crippen LogP contribution >= 0.6 is 35.0 Å². The first-order valence-corrected chi connectivity index (χ1v) is 7.14. The maximum atomic E-state index is 6.13. The molecule has 0 spiro atoms. The summed E-state index contributed by atoms with van der Waals surface area (Å²) in [5.74, 6) is 1.69. The molecule has 0 radical (unpaired) electrons. The average Bonchev–Trinajstić information content (AvgIpc) is 2.40. The molecule has 1 N–H and O–H groups in total. The van der Waals surface area contributed by atoms with Crippen molar-refractivity contribution >= 4 is 40.8 Å². The van der Waals surface area contributed by atoms with Crippen molar-refractivity contribution in [2.75, 3.05) is 12.4 Å². The minimum atomic E-state index is 0.696. The normalized spacial score (nSPS) is 10.4. The van der Waals surface area contributed by atoms with Gasteiger partial charge >= 0.3 is 0 Å². The Bertz CT molecular complexity index is 546. The van der Waals surface area contributed by atoms with Crippen molar-refractivity contribution in [3.8, 4) is 0 Å². The maximum absolute atomic E-state index is 6.13. The van der Waals surface area contributed by atoms with Crippen LogP contribution in [-0.4, -0.2) is 12.0 Å². The van der Waals surface area contributed by atoms with Crippen LogP contribution in [-0.2, 0) is 5.75 Å². The number of thioether (sulfide) groups is 1. The number of hydrogen-bond donors (Lipinski definition) is 1. The number of rotatable bonds is 4. The van der Waals surface area contributed by atoms with E-state index < -0.39 is 0 Å². The first-order valence-electron chi connectivity index (χ1n) is 5.40. The average molecular weight is 299 g/mol. The molecule has 1 heterocycles. The predicted octanol–water partition coefficient (Wildman–Crippen LogP) is 4.72. The highest BCUT2D eigenvalue weighted by Crippen LogP contribution is 2.32. The van der Waals surface area contributed by atoms with Crippen molar-refractivity contribution in [1.82, 2.24) is 4.98 Å². The summed E-state index contributed by atoms with van der Waals surface area (Å²) in [5, 5.41) is 4.49. The van der Waals surface area contributed by atoms with Gasteiger partial charge in [0.25, 0.3) is 0 Å². The Hall–Kier alpha value is -0.900. The van der Waals surface area contributed by atoms with Gasteiger partial charge in [0.2, 0.25) is 0 Å². The summed E-state index contributed by atoms with van der Waals surface area (Å²) in [6, 6.07) is 9.45. The number of nitrogens with one attached hydrogen (secondary N) is 1. The summed E-state index contributed by atoms with van der Waals surface area (Å²) >= 11 is 13.7. The third-order valence-corrected chi connectivity index (χ3v) is 4.19. The molecule has 0 amide bonds. The van der Waals surface area contributed by atoms with Crippen LogP contribution in [0.5, 0.6) is 0 Å². The van der Waals surface area contributed by atoms with Crippen molar-refractivity contribution in [1.29, 1.82) is 0 Å². The van der Waals surface area contributed by atoms with Crippen molar-refractivity contribution in [3.63, 3.8) is 0 Å². The molecule has 2 rings (SSSR count). The number of hydrogen-bond acceptors (Lipinski definition) is 3. The highest BCUT2D eigenvalue weighted by Gasteiger charge is 2.05. The largest absolute Gasteiger partial charge is 0.373 e. The van der Waals surface area contributed by atoms with E-state index >= 15 is 0 Å². The van der Waals surface area contributed by atoms with Gasteiger partial charge in [-0.2, -0.15) is 0 Å². The molecule has 2 nitrogen and oxygen atoms in total. The number of aromatic nitrogens is 1. The van der Waals surface area contributed by atoms with Crippen LogP contribution in [0.1, 0.15) is 5.56 Å². The van der Waals surface area contributed by atoms with Crippen LogP contribution in [0.3, 0.4) is 0 Å². The molecule has 5 heteroatoms. The molecule has 0 fully saturated rings. The third-order valence-electron chi connectivity index (χ3n) is 2.40. The molecule has 0 aliphatic carbocycles.